The van der Waals surface area contributed by atoms with Gasteiger partial charge in [0.15, 0.2) is 0 Å². The van der Waals surface area contributed by atoms with Crippen LogP contribution in [-0.2, 0) is 18.8 Å². The SMILES string of the molecule is CCC(CC)COS(=O)(=O)OCC(CC)CC. The summed E-state index contributed by atoms with van der Waals surface area (Å²) in [6.45, 7) is 8.53. The standard InChI is InChI=1S/C12H26O4S/c1-5-11(6-2)9-15-17(13,14)16-10-12(7-3)8-4/h11-12H,5-10H2,1-4H3. The normalized spacial score (nSPS) is 12.6. The lowest BCUT2D eigenvalue weighted by Crippen LogP contribution is -2.19. The first-order chi connectivity index (χ1) is 7.99. The third-order valence-electron chi connectivity index (χ3n) is 3.21. The van der Waals surface area contributed by atoms with E-state index in [-0.39, 0.29) is 25.0 Å². The molecule has 0 aliphatic rings. The van der Waals surface area contributed by atoms with Gasteiger partial charge in [-0.15, -0.1) is 0 Å². The van der Waals surface area contributed by atoms with E-state index < -0.39 is 10.4 Å². The molecule has 0 unspecified atom stereocenters. The van der Waals surface area contributed by atoms with Crippen molar-refractivity contribution in [1.29, 1.82) is 0 Å². The molecule has 0 radical (unpaired) electrons. The van der Waals surface area contributed by atoms with Crippen molar-refractivity contribution in [2.75, 3.05) is 13.2 Å². The molecule has 0 aliphatic heterocycles. The molecule has 0 bridgehead atoms. The molecule has 0 heterocycles. The monoisotopic (exact) mass is 266 g/mol. The second-order valence-electron chi connectivity index (χ2n) is 4.34. The lowest BCUT2D eigenvalue weighted by Gasteiger charge is -2.14. The predicted molar refractivity (Wildman–Crippen MR) is 69.0 cm³/mol. The fourth-order valence-corrected chi connectivity index (χ4v) is 2.23. The summed E-state index contributed by atoms with van der Waals surface area (Å²) in [6.07, 6.45) is 3.66. The fourth-order valence-electron chi connectivity index (χ4n) is 1.44. The molecule has 17 heavy (non-hydrogen) atoms. The maximum atomic E-state index is 11.5. The summed E-state index contributed by atoms with van der Waals surface area (Å²) in [6, 6.07) is 0. The maximum Gasteiger partial charge on any atom is 0.399 e. The Morgan fingerprint density at radius 1 is 0.765 bits per heavy atom. The van der Waals surface area contributed by atoms with Crippen LogP contribution in [0.4, 0.5) is 0 Å². The highest BCUT2D eigenvalue weighted by atomic mass is 32.3. The van der Waals surface area contributed by atoms with Crippen LogP contribution in [0.1, 0.15) is 53.4 Å². The molecule has 0 rings (SSSR count). The van der Waals surface area contributed by atoms with Crippen molar-refractivity contribution in [3.8, 4) is 0 Å². The first kappa shape index (κ1) is 16.9. The molecule has 0 fully saturated rings. The molecule has 0 saturated carbocycles. The molecule has 0 aromatic rings. The van der Waals surface area contributed by atoms with Crippen LogP contribution in [0.5, 0.6) is 0 Å². The Labute approximate surface area is 106 Å². The van der Waals surface area contributed by atoms with E-state index in [0.717, 1.165) is 25.7 Å². The van der Waals surface area contributed by atoms with Crippen LogP contribution in [0.2, 0.25) is 0 Å². The average Bonchev–Trinajstić information content (AvgIpc) is 2.31. The quantitative estimate of drug-likeness (QED) is 0.609. The minimum absolute atomic E-state index is 0.220. The molecule has 5 heteroatoms. The van der Waals surface area contributed by atoms with Crippen LogP contribution >= 0.6 is 0 Å². The average molecular weight is 266 g/mol. The summed E-state index contributed by atoms with van der Waals surface area (Å²) in [5.41, 5.74) is 0. The number of rotatable bonds is 10. The Kier molecular flexibility index (Phi) is 8.82. The minimum Gasteiger partial charge on any atom is -0.248 e. The summed E-state index contributed by atoms with van der Waals surface area (Å²) in [5, 5.41) is 0. The van der Waals surface area contributed by atoms with Crippen molar-refractivity contribution < 1.29 is 16.8 Å². The van der Waals surface area contributed by atoms with Gasteiger partial charge in [0.2, 0.25) is 0 Å². The van der Waals surface area contributed by atoms with Gasteiger partial charge in [-0.25, -0.2) is 8.37 Å². The van der Waals surface area contributed by atoms with Gasteiger partial charge in [0.25, 0.3) is 0 Å². The van der Waals surface area contributed by atoms with Gasteiger partial charge in [-0.05, 0) is 11.8 Å². The third-order valence-corrected chi connectivity index (χ3v) is 4.06. The van der Waals surface area contributed by atoms with Gasteiger partial charge in [0.05, 0.1) is 13.2 Å². The van der Waals surface area contributed by atoms with Crippen LogP contribution in [0.3, 0.4) is 0 Å². The smallest absolute Gasteiger partial charge is 0.248 e. The van der Waals surface area contributed by atoms with E-state index in [9.17, 15) is 8.42 Å². The zero-order valence-electron chi connectivity index (χ0n) is 11.4. The zero-order valence-corrected chi connectivity index (χ0v) is 12.3. The molecule has 0 amide bonds. The predicted octanol–water partition coefficient (Wildman–Crippen LogP) is 3.14. The lowest BCUT2D eigenvalue weighted by atomic mass is 10.1. The molecule has 0 saturated heterocycles. The minimum atomic E-state index is -3.81. The van der Waals surface area contributed by atoms with Crippen LogP contribution in [-0.4, -0.2) is 21.6 Å². The molecule has 104 valence electrons. The van der Waals surface area contributed by atoms with Gasteiger partial charge in [0, 0.05) is 0 Å². The van der Waals surface area contributed by atoms with Crippen molar-refractivity contribution in [2.45, 2.75) is 53.4 Å². The Bertz CT molecular complexity index is 244. The van der Waals surface area contributed by atoms with Gasteiger partial charge in [-0.2, -0.15) is 8.42 Å². The van der Waals surface area contributed by atoms with Crippen LogP contribution in [0, 0.1) is 11.8 Å². The van der Waals surface area contributed by atoms with Gasteiger partial charge < -0.3 is 0 Å². The van der Waals surface area contributed by atoms with Crippen LogP contribution in [0.15, 0.2) is 0 Å². The second-order valence-corrected chi connectivity index (χ2v) is 5.63. The van der Waals surface area contributed by atoms with Crippen molar-refractivity contribution in [2.24, 2.45) is 11.8 Å². The van der Waals surface area contributed by atoms with E-state index in [0.29, 0.717) is 0 Å². The van der Waals surface area contributed by atoms with E-state index in [1.807, 2.05) is 27.7 Å². The summed E-state index contributed by atoms with van der Waals surface area (Å²) in [7, 11) is -3.81. The van der Waals surface area contributed by atoms with E-state index in [1.54, 1.807) is 0 Å². The zero-order chi connectivity index (χ0) is 13.3. The first-order valence-corrected chi connectivity index (χ1v) is 7.86. The van der Waals surface area contributed by atoms with E-state index in [4.69, 9.17) is 8.37 Å². The number of hydrogen-bond donors (Lipinski definition) is 0. The Morgan fingerprint density at radius 3 is 1.29 bits per heavy atom. The Morgan fingerprint density at radius 2 is 1.06 bits per heavy atom. The molecule has 0 aliphatic carbocycles. The molecule has 0 N–H and O–H groups in total. The van der Waals surface area contributed by atoms with Crippen molar-refractivity contribution >= 4 is 10.4 Å². The summed E-state index contributed by atoms with van der Waals surface area (Å²) < 4.78 is 32.6. The largest absolute Gasteiger partial charge is 0.399 e. The molecule has 4 nitrogen and oxygen atoms in total. The summed E-state index contributed by atoms with van der Waals surface area (Å²) in [4.78, 5) is 0. The summed E-state index contributed by atoms with van der Waals surface area (Å²) >= 11 is 0. The topological polar surface area (TPSA) is 52.6 Å². The van der Waals surface area contributed by atoms with Crippen molar-refractivity contribution in [3.05, 3.63) is 0 Å². The molecule has 0 aromatic heterocycles. The Hall–Kier alpha value is -0.130. The fraction of sp³-hybridized carbons (Fsp3) is 1.00. The lowest BCUT2D eigenvalue weighted by molar-refractivity contribution is 0.164. The number of hydrogen-bond acceptors (Lipinski definition) is 4. The Balaban J connectivity index is 4.03. The van der Waals surface area contributed by atoms with Gasteiger partial charge in [0.1, 0.15) is 0 Å². The van der Waals surface area contributed by atoms with E-state index in [2.05, 4.69) is 0 Å². The third kappa shape index (κ3) is 7.73. The molecular formula is C12H26O4S. The molecular weight excluding hydrogens is 240 g/mol. The van der Waals surface area contributed by atoms with Gasteiger partial charge in [-0.1, -0.05) is 53.4 Å². The highest BCUT2D eigenvalue weighted by Gasteiger charge is 2.17. The van der Waals surface area contributed by atoms with Gasteiger partial charge >= 0.3 is 10.4 Å². The highest BCUT2D eigenvalue weighted by Crippen LogP contribution is 2.13. The molecule has 0 spiro atoms. The molecule has 0 atom stereocenters. The summed E-state index contributed by atoms with van der Waals surface area (Å²) in [5.74, 6) is 0.558. The van der Waals surface area contributed by atoms with Gasteiger partial charge in [-0.3, -0.25) is 0 Å². The van der Waals surface area contributed by atoms with Crippen LogP contribution < -0.4 is 0 Å². The van der Waals surface area contributed by atoms with Crippen LogP contribution in [0.25, 0.3) is 0 Å². The molecule has 0 aromatic carbocycles. The van der Waals surface area contributed by atoms with Crippen molar-refractivity contribution in [3.63, 3.8) is 0 Å². The first-order valence-electron chi connectivity index (χ1n) is 6.52. The van der Waals surface area contributed by atoms with E-state index in [1.165, 1.54) is 0 Å². The van der Waals surface area contributed by atoms with E-state index >= 15 is 0 Å². The van der Waals surface area contributed by atoms with Crippen molar-refractivity contribution in [1.82, 2.24) is 0 Å². The maximum absolute atomic E-state index is 11.5. The second kappa shape index (κ2) is 8.89. The highest BCUT2D eigenvalue weighted by molar-refractivity contribution is 7.81.